The Balaban J connectivity index is 2.72. The summed E-state index contributed by atoms with van der Waals surface area (Å²) in [4.78, 5) is 15.3. The maximum atomic E-state index is 11.1. The summed E-state index contributed by atoms with van der Waals surface area (Å²) in [6.45, 7) is 5.89. The molecule has 2 aromatic rings. The molecule has 1 aromatic carbocycles. The van der Waals surface area contributed by atoms with Crippen molar-refractivity contribution < 1.29 is 9.90 Å². The number of rotatable bonds is 2. The third kappa shape index (κ3) is 2.93. The zero-order chi connectivity index (χ0) is 15.1. The SMILES string of the molecule is CC(C)(C)c1nc(C(=O)O)nn1-c1cc(Br)ccc1Br. The molecule has 106 valence electrons. The minimum Gasteiger partial charge on any atom is -0.475 e. The van der Waals surface area contributed by atoms with Crippen LogP contribution in [0.2, 0.25) is 0 Å². The lowest BCUT2D eigenvalue weighted by Crippen LogP contribution is -2.19. The van der Waals surface area contributed by atoms with Crippen LogP contribution < -0.4 is 0 Å². The van der Waals surface area contributed by atoms with Crippen LogP contribution in [0.3, 0.4) is 0 Å². The van der Waals surface area contributed by atoms with Gasteiger partial charge >= 0.3 is 5.97 Å². The third-order valence-corrected chi connectivity index (χ3v) is 3.77. The molecule has 0 aliphatic carbocycles. The number of aromatic nitrogens is 3. The molecule has 2 rings (SSSR count). The van der Waals surface area contributed by atoms with Gasteiger partial charge in [0.2, 0.25) is 0 Å². The Bertz CT molecular complexity index is 675. The standard InChI is InChI=1S/C13H13Br2N3O2/c1-13(2,3)12-16-10(11(19)20)17-18(12)9-6-7(14)4-5-8(9)15/h4-6H,1-3H3,(H,19,20). The van der Waals surface area contributed by atoms with Crippen LogP contribution in [0.15, 0.2) is 27.1 Å². The lowest BCUT2D eigenvalue weighted by Gasteiger charge is -2.19. The molecule has 0 aliphatic heterocycles. The quantitative estimate of drug-likeness (QED) is 0.829. The molecule has 0 saturated heterocycles. The first-order chi connectivity index (χ1) is 9.20. The number of nitrogens with zero attached hydrogens (tertiary/aromatic N) is 3. The van der Waals surface area contributed by atoms with Crippen molar-refractivity contribution in [3.8, 4) is 5.69 Å². The van der Waals surface area contributed by atoms with Crippen LogP contribution in [-0.2, 0) is 5.41 Å². The minimum absolute atomic E-state index is 0.207. The van der Waals surface area contributed by atoms with Crippen LogP contribution in [-0.4, -0.2) is 25.8 Å². The summed E-state index contributed by atoms with van der Waals surface area (Å²) in [7, 11) is 0. The molecule has 1 N–H and O–H groups in total. The summed E-state index contributed by atoms with van der Waals surface area (Å²) in [6.07, 6.45) is 0. The van der Waals surface area contributed by atoms with Crippen LogP contribution in [0.4, 0.5) is 0 Å². The monoisotopic (exact) mass is 401 g/mol. The van der Waals surface area contributed by atoms with Gasteiger partial charge in [0.25, 0.3) is 5.82 Å². The van der Waals surface area contributed by atoms with E-state index in [0.29, 0.717) is 5.82 Å². The second-order valence-electron chi connectivity index (χ2n) is 5.32. The molecule has 0 spiro atoms. The molecular formula is C13H13Br2N3O2. The topological polar surface area (TPSA) is 68.0 Å². The Labute approximate surface area is 133 Å². The fourth-order valence-corrected chi connectivity index (χ4v) is 2.47. The highest BCUT2D eigenvalue weighted by Gasteiger charge is 2.26. The van der Waals surface area contributed by atoms with Gasteiger partial charge < -0.3 is 5.11 Å². The van der Waals surface area contributed by atoms with E-state index >= 15 is 0 Å². The number of carbonyl (C=O) groups is 1. The summed E-state index contributed by atoms with van der Waals surface area (Å²) in [6, 6.07) is 5.62. The molecule has 0 radical (unpaired) electrons. The van der Waals surface area contributed by atoms with Gasteiger partial charge in [-0.25, -0.2) is 14.5 Å². The molecule has 0 atom stereocenters. The van der Waals surface area contributed by atoms with Crippen molar-refractivity contribution in [2.24, 2.45) is 0 Å². The average molecular weight is 403 g/mol. The summed E-state index contributed by atoms with van der Waals surface area (Å²) in [5.41, 5.74) is 0.409. The molecule has 20 heavy (non-hydrogen) atoms. The maximum Gasteiger partial charge on any atom is 0.375 e. The largest absolute Gasteiger partial charge is 0.475 e. The van der Waals surface area contributed by atoms with Crippen molar-refractivity contribution in [2.45, 2.75) is 26.2 Å². The van der Waals surface area contributed by atoms with Gasteiger partial charge in [0, 0.05) is 14.4 Å². The Hall–Kier alpha value is -1.21. The van der Waals surface area contributed by atoms with Gasteiger partial charge in [-0.05, 0) is 34.1 Å². The van der Waals surface area contributed by atoms with Crippen molar-refractivity contribution in [2.75, 3.05) is 0 Å². The fourth-order valence-electron chi connectivity index (χ4n) is 1.70. The predicted molar refractivity (Wildman–Crippen MR) is 82.4 cm³/mol. The average Bonchev–Trinajstić information content (AvgIpc) is 2.77. The molecule has 0 aliphatic rings. The molecule has 7 heteroatoms. The van der Waals surface area contributed by atoms with Crippen LogP contribution in [0.5, 0.6) is 0 Å². The number of aromatic carboxylic acids is 1. The Morgan fingerprint density at radius 3 is 2.50 bits per heavy atom. The van der Waals surface area contributed by atoms with Crippen molar-refractivity contribution in [1.29, 1.82) is 0 Å². The van der Waals surface area contributed by atoms with Gasteiger partial charge in [-0.1, -0.05) is 36.7 Å². The Kier molecular flexibility index (Phi) is 4.02. The van der Waals surface area contributed by atoms with Crippen molar-refractivity contribution in [3.63, 3.8) is 0 Å². The number of carboxylic acids is 1. The van der Waals surface area contributed by atoms with E-state index in [1.165, 1.54) is 0 Å². The first kappa shape index (κ1) is 15.2. The van der Waals surface area contributed by atoms with Crippen LogP contribution in [0.1, 0.15) is 37.2 Å². The van der Waals surface area contributed by atoms with E-state index in [4.69, 9.17) is 5.11 Å². The van der Waals surface area contributed by atoms with Crippen molar-refractivity contribution in [3.05, 3.63) is 38.8 Å². The predicted octanol–water partition coefficient (Wildman–Crippen LogP) is 3.79. The molecule has 0 fully saturated rings. The smallest absolute Gasteiger partial charge is 0.375 e. The lowest BCUT2D eigenvalue weighted by molar-refractivity contribution is 0.0683. The number of carboxylic acid groups (broad SMARTS) is 1. The molecule has 0 unspecified atom stereocenters. The van der Waals surface area contributed by atoms with Gasteiger partial charge in [0.15, 0.2) is 0 Å². The summed E-state index contributed by atoms with van der Waals surface area (Å²) < 4.78 is 3.26. The molecule has 1 heterocycles. The second-order valence-corrected chi connectivity index (χ2v) is 7.09. The van der Waals surface area contributed by atoms with E-state index in [0.717, 1.165) is 14.6 Å². The van der Waals surface area contributed by atoms with Gasteiger partial charge in [0.05, 0.1) is 5.69 Å². The zero-order valence-electron chi connectivity index (χ0n) is 11.2. The molecule has 0 amide bonds. The number of hydrogen-bond donors (Lipinski definition) is 1. The van der Waals surface area contributed by atoms with Gasteiger partial charge in [-0.3, -0.25) is 0 Å². The van der Waals surface area contributed by atoms with Gasteiger partial charge in [-0.15, -0.1) is 5.10 Å². The molecule has 0 saturated carbocycles. The number of hydrogen-bond acceptors (Lipinski definition) is 3. The van der Waals surface area contributed by atoms with E-state index in [9.17, 15) is 4.79 Å². The summed E-state index contributed by atoms with van der Waals surface area (Å²) in [5.74, 6) is -0.754. The highest BCUT2D eigenvalue weighted by molar-refractivity contribution is 9.11. The van der Waals surface area contributed by atoms with E-state index in [1.807, 2.05) is 39.0 Å². The highest BCUT2D eigenvalue weighted by atomic mass is 79.9. The summed E-state index contributed by atoms with van der Waals surface area (Å²) in [5, 5.41) is 13.2. The fraction of sp³-hybridized carbons (Fsp3) is 0.308. The normalized spacial score (nSPS) is 11.7. The van der Waals surface area contributed by atoms with E-state index in [-0.39, 0.29) is 11.2 Å². The number of benzene rings is 1. The molecule has 5 nitrogen and oxygen atoms in total. The maximum absolute atomic E-state index is 11.1. The van der Waals surface area contributed by atoms with Gasteiger partial charge in [-0.2, -0.15) is 0 Å². The van der Waals surface area contributed by atoms with E-state index < -0.39 is 5.97 Å². The molecular weight excluding hydrogens is 390 g/mol. The Morgan fingerprint density at radius 2 is 1.95 bits per heavy atom. The summed E-state index contributed by atoms with van der Waals surface area (Å²) >= 11 is 6.86. The highest BCUT2D eigenvalue weighted by Crippen LogP contribution is 2.29. The second kappa shape index (κ2) is 5.29. The molecule has 1 aromatic heterocycles. The van der Waals surface area contributed by atoms with E-state index in [2.05, 4.69) is 41.9 Å². The zero-order valence-corrected chi connectivity index (χ0v) is 14.4. The lowest BCUT2D eigenvalue weighted by atomic mass is 9.95. The van der Waals surface area contributed by atoms with Crippen LogP contribution >= 0.6 is 31.9 Å². The van der Waals surface area contributed by atoms with Crippen molar-refractivity contribution in [1.82, 2.24) is 14.8 Å². The minimum atomic E-state index is -1.14. The first-order valence-electron chi connectivity index (χ1n) is 5.86. The van der Waals surface area contributed by atoms with E-state index in [1.54, 1.807) is 4.68 Å². The van der Waals surface area contributed by atoms with Crippen LogP contribution in [0, 0.1) is 0 Å². The van der Waals surface area contributed by atoms with Crippen molar-refractivity contribution >= 4 is 37.8 Å². The Morgan fingerprint density at radius 1 is 1.30 bits per heavy atom. The number of halogens is 2. The third-order valence-electron chi connectivity index (χ3n) is 2.61. The first-order valence-corrected chi connectivity index (χ1v) is 7.45. The van der Waals surface area contributed by atoms with Crippen LogP contribution in [0.25, 0.3) is 5.69 Å². The molecule has 0 bridgehead atoms. The van der Waals surface area contributed by atoms with Gasteiger partial charge in [0.1, 0.15) is 5.82 Å².